The van der Waals surface area contributed by atoms with Crippen LogP contribution in [0.1, 0.15) is 30.6 Å². The number of piperidine rings is 1. The first-order valence-electron chi connectivity index (χ1n) is 6.84. The lowest BCUT2D eigenvalue weighted by molar-refractivity contribution is 0.0530. The maximum Gasteiger partial charge on any atom is 0.257 e. The van der Waals surface area contributed by atoms with Gasteiger partial charge in [-0.25, -0.2) is 0 Å². The number of ether oxygens (including phenoxy) is 1. The fourth-order valence-electron chi connectivity index (χ4n) is 2.58. The molecule has 0 radical (unpaired) electrons. The van der Waals surface area contributed by atoms with Gasteiger partial charge in [0, 0.05) is 25.2 Å². The molecule has 1 aliphatic heterocycles. The highest BCUT2D eigenvalue weighted by Gasteiger charge is 2.36. The minimum atomic E-state index is -0.114. The van der Waals surface area contributed by atoms with E-state index in [1.165, 1.54) is 7.11 Å². The van der Waals surface area contributed by atoms with Crippen molar-refractivity contribution in [3.8, 4) is 5.75 Å². The first-order chi connectivity index (χ1) is 9.76. The molecular formula is C15H20Cl2N2O2. The Morgan fingerprint density at radius 2 is 2.00 bits per heavy atom. The van der Waals surface area contributed by atoms with Crippen molar-refractivity contribution in [1.82, 2.24) is 4.90 Å². The number of benzene rings is 1. The van der Waals surface area contributed by atoms with Crippen molar-refractivity contribution in [3.05, 3.63) is 27.7 Å². The van der Waals surface area contributed by atoms with Crippen LogP contribution in [0, 0.1) is 5.41 Å². The van der Waals surface area contributed by atoms with E-state index in [0.717, 1.165) is 6.42 Å². The van der Waals surface area contributed by atoms with Crippen molar-refractivity contribution in [2.45, 2.75) is 26.3 Å². The molecule has 116 valence electrons. The minimum Gasteiger partial charge on any atom is -0.496 e. The average Bonchev–Trinajstić information content (AvgIpc) is 2.43. The van der Waals surface area contributed by atoms with Crippen molar-refractivity contribution >= 4 is 29.1 Å². The lowest BCUT2D eigenvalue weighted by atomic mass is 9.79. The van der Waals surface area contributed by atoms with E-state index < -0.39 is 0 Å². The van der Waals surface area contributed by atoms with Crippen LogP contribution in [0.3, 0.4) is 0 Å². The van der Waals surface area contributed by atoms with E-state index in [1.807, 2.05) is 0 Å². The number of nitrogens with two attached hydrogens (primary N) is 1. The summed E-state index contributed by atoms with van der Waals surface area (Å²) in [4.78, 5) is 14.5. The molecule has 0 spiro atoms. The molecule has 1 fully saturated rings. The van der Waals surface area contributed by atoms with Crippen molar-refractivity contribution in [2.24, 2.45) is 11.1 Å². The van der Waals surface area contributed by atoms with E-state index in [1.54, 1.807) is 17.0 Å². The lowest BCUT2D eigenvalue weighted by Gasteiger charge is -2.42. The Balaban J connectivity index is 2.30. The summed E-state index contributed by atoms with van der Waals surface area (Å²) in [5.74, 6) is 0.326. The summed E-state index contributed by atoms with van der Waals surface area (Å²) in [6.45, 7) is 5.38. The van der Waals surface area contributed by atoms with Gasteiger partial charge in [0.15, 0.2) is 0 Å². The third-order valence-electron chi connectivity index (χ3n) is 4.07. The number of likely N-dealkylation sites (tertiary alicyclic amines) is 1. The number of carbonyl (C=O) groups excluding carboxylic acids is 1. The topological polar surface area (TPSA) is 55.6 Å². The van der Waals surface area contributed by atoms with Gasteiger partial charge in [-0.05, 0) is 17.9 Å². The highest BCUT2D eigenvalue weighted by Crippen LogP contribution is 2.33. The van der Waals surface area contributed by atoms with E-state index >= 15 is 0 Å². The van der Waals surface area contributed by atoms with Crippen molar-refractivity contribution in [1.29, 1.82) is 0 Å². The number of hydrogen-bond donors (Lipinski definition) is 1. The first kappa shape index (κ1) is 16.4. The molecule has 6 heteroatoms. The van der Waals surface area contributed by atoms with E-state index in [0.29, 0.717) is 34.4 Å². The third kappa shape index (κ3) is 3.28. The molecule has 0 aliphatic carbocycles. The molecule has 1 saturated heterocycles. The second-order valence-electron chi connectivity index (χ2n) is 6.08. The highest BCUT2D eigenvalue weighted by molar-refractivity contribution is 6.42. The van der Waals surface area contributed by atoms with E-state index in [9.17, 15) is 4.79 Å². The molecule has 1 aromatic rings. The van der Waals surface area contributed by atoms with Gasteiger partial charge in [0.2, 0.25) is 0 Å². The van der Waals surface area contributed by atoms with Crippen LogP contribution >= 0.6 is 23.2 Å². The molecule has 1 aliphatic rings. The minimum absolute atomic E-state index is 0.0947. The zero-order valence-corrected chi connectivity index (χ0v) is 14.0. The largest absolute Gasteiger partial charge is 0.496 e. The van der Waals surface area contributed by atoms with Crippen LogP contribution in [-0.4, -0.2) is 37.0 Å². The van der Waals surface area contributed by atoms with Crippen LogP contribution in [0.5, 0.6) is 5.75 Å². The molecule has 21 heavy (non-hydrogen) atoms. The van der Waals surface area contributed by atoms with Crippen LogP contribution in [0.25, 0.3) is 0 Å². The van der Waals surface area contributed by atoms with Gasteiger partial charge in [-0.3, -0.25) is 4.79 Å². The number of rotatable bonds is 2. The van der Waals surface area contributed by atoms with E-state index in [-0.39, 0.29) is 17.4 Å². The Hall–Kier alpha value is -0.970. The molecule has 0 saturated carbocycles. The van der Waals surface area contributed by atoms with Crippen molar-refractivity contribution in [2.75, 3.05) is 20.2 Å². The number of amides is 1. The van der Waals surface area contributed by atoms with E-state index in [2.05, 4.69) is 13.8 Å². The third-order valence-corrected chi connectivity index (χ3v) is 4.79. The maximum absolute atomic E-state index is 12.7. The quantitative estimate of drug-likeness (QED) is 0.905. The van der Waals surface area contributed by atoms with Gasteiger partial charge in [-0.2, -0.15) is 0 Å². The summed E-state index contributed by atoms with van der Waals surface area (Å²) in [5, 5.41) is 0.708. The Labute approximate surface area is 135 Å². The van der Waals surface area contributed by atoms with Crippen LogP contribution in [0.4, 0.5) is 0 Å². The van der Waals surface area contributed by atoms with Crippen LogP contribution in [0.2, 0.25) is 10.0 Å². The predicted octanol–water partition coefficient (Wildman–Crippen LogP) is 3.20. The standard InChI is InChI=1S/C15H20Cl2N2O2/c1-15(2)8-19(5-4-13(15)18)14(20)9-6-10(16)11(17)7-12(9)21-3/h6-7,13H,4-5,8,18H2,1-3H3. The number of halogens is 2. The average molecular weight is 331 g/mol. The number of nitrogens with zero attached hydrogens (tertiary/aromatic N) is 1. The predicted molar refractivity (Wildman–Crippen MR) is 85.3 cm³/mol. The second kappa shape index (κ2) is 6.03. The number of hydrogen-bond acceptors (Lipinski definition) is 3. The summed E-state index contributed by atoms with van der Waals surface area (Å²) < 4.78 is 5.25. The fraction of sp³-hybridized carbons (Fsp3) is 0.533. The smallest absolute Gasteiger partial charge is 0.257 e. The van der Waals surface area contributed by atoms with Gasteiger partial charge in [0.05, 0.1) is 22.7 Å². The Kier molecular flexibility index (Phi) is 4.71. The maximum atomic E-state index is 12.7. The van der Waals surface area contributed by atoms with Crippen LogP contribution < -0.4 is 10.5 Å². The summed E-state index contributed by atoms with van der Waals surface area (Å²) in [6.07, 6.45) is 0.780. The SMILES string of the molecule is COc1cc(Cl)c(Cl)cc1C(=O)N1CCC(N)C(C)(C)C1. The molecule has 1 unspecified atom stereocenters. The number of carbonyl (C=O) groups is 1. The van der Waals surface area contributed by atoms with Gasteiger partial charge >= 0.3 is 0 Å². The van der Waals surface area contributed by atoms with Gasteiger partial charge in [-0.15, -0.1) is 0 Å². The molecule has 1 atom stereocenters. The molecule has 0 aromatic heterocycles. The summed E-state index contributed by atoms with van der Waals surface area (Å²) >= 11 is 12.0. The zero-order valence-electron chi connectivity index (χ0n) is 12.5. The van der Waals surface area contributed by atoms with E-state index in [4.69, 9.17) is 33.7 Å². The van der Waals surface area contributed by atoms with Gasteiger partial charge in [-0.1, -0.05) is 37.0 Å². The Bertz CT molecular complexity index is 561. The summed E-state index contributed by atoms with van der Waals surface area (Å²) in [6, 6.07) is 3.22. The van der Waals surface area contributed by atoms with Crippen molar-refractivity contribution < 1.29 is 9.53 Å². The molecule has 1 aromatic carbocycles. The molecule has 2 rings (SSSR count). The van der Waals surface area contributed by atoms with Gasteiger partial charge in [0.25, 0.3) is 5.91 Å². The second-order valence-corrected chi connectivity index (χ2v) is 6.89. The molecule has 4 nitrogen and oxygen atoms in total. The van der Waals surface area contributed by atoms with Crippen molar-refractivity contribution in [3.63, 3.8) is 0 Å². The van der Waals surface area contributed by atoms with Gasteiger partial charge in [0.1, 0.15) is 5.75 Å². The normalized spacial score (nSPS) is 21.2. The first-order valence-corrected chi connectivity index (χ1v) is 7.59. The lowest BCUT2D eigenvalue weighted by Crippen LogP contribution is -2.54. The van der Waals surface area contributed by atoms with Crippen LogP contribution in [0.15, 0.2) is 12.1 Å². The Morgan fingerprint density at radius 1 is 1.38 bits per heavy atom. The molecule has 0 bridgehead atoms. The number of methoxy groups -OCH3 is 1. The molecule has 1 heterocycles. The monoisotopic (exact) mass is 330 g/mol. The fourth-order valence-corrected chi connectivity index (χ4v) is 2.90. The summed E-state index contributed by atoms with van der Waals surface area (Å²) in [7, 11) is 1.51. The summed E-state index contributed by atoms with van der Waals surface area (Å²) in [5.41, 5.74) is 6.43. The Morgan fingerprint density at radius 3 is 2.57 bits per heavy atom. The zero-order chi connectivity index (χ0) is 15.8. The van der Waals surface area contributed by atoms with Crippen LogP contribution in [-0.2, 0) is 0 Å². The molecular weight excluding hydrogens is 311 g/mol. The highest BCUT2D eigenvalue weighted by atomic mass is 35.5. The van der Waals surface area contributed by atoms with Gasteiger partial charge < -0.3 is 15.4 Å². The molecule has 2 N–H and O–H groups in total. The molecule has 1 amide bonds.